The molecule has 16 rings (SSSR count). The van der Waals surface area contributed by atoms with E-state index >= 15 is 0 Å². The number of nitrogens with zero attached hydrogens (tertiary/aromatic N) is 15. The minimum absolute atomic E-state index is 0.00405. The van der Waals surface area contributed by atoms with Gasteiger partial charge in [0.15, 0.2) is 25.8 Å². The molecule has 5 N–H and O–H groups in total. The second-order valence-corrected chi connectivity index (χ2v) is 47.6. The Morgan fingerprint density at radius 1 is 0.312 bits per heavy atom. The molecule has 0 amide bonds. The van der Waals surface area contributed by atoms with E-state index in [1.54, 1.807) is 69.2 Å². The molecule has 1 fully saturated rings. The lowest BCUT2D eigenvalue weighted by Gasteiger charge is -2.22. The number of ketones is 5. The van der Waals surface area contributed by atoms with Gasteiger partial charge in [-0.1, -0.05) is 237 Å². The molecule has 0 bridgehead atoms. The van der Waals surface area contributed by atoms with Gasteiger partial charge >= 0.3 is 29.8 Å². The van der Waals surface area contributed by atoms with Crippen molar-refractivity contribution in [3.63, 3.8) is 0 Å². The molecule has 1 aliphatic rings. The maximum Gasteiger partial charge on any atom is 0.303 e. The Labute approximate surface area is 887 Å². The molecule has 0 spiro atoms. The minimum atomic E-state index is -0.981. The molecule has 0 aliphatic heterocycles. The first-order chi connectivity index (χ1) is 68.1. The summed E-state index contributed by atoms with van der Waals surface area (Å²) in [6.45, 7) is 28.3. The van der Waals surface area contributed by atoms with E-state index < -0.39 is 53.6 Å². The molecule has 1 aliphatic carbocycles. The first kappa shape index (κ1) is 111. The van der Waals surface area contributed by atoms with Crippen LogP contribution in [0.3, 0.4) is 0 Å². The molecular formula is C105H109Br4N15O15S5. The van der Waals surface area contributed by atoms with Crippen LogP contribution in [0.4, 0.5) is 0 Å². The highest BCUT2D eigenvalue weighted by Gasteiger charge is 2.39. The molecule has 0 atom stereocenters. The van der Waals surface area contributed by atoms with Gasteiger partial charge in [-0.2, -0.15) is 0 Å². The van der Waals surface area contributed by atoms with Gasteiger partial charge in [-0.3, -0.25) is 70.8 Å². The summed E-state index contributed by atoms with van der Waals surface area (Å²) in [6.07, 6.45) is 2.45. The standard InChI is InChI=1S/C22H22BrN3O3S.C22H24BrN3O3S.C21H22BrN3O3S.C21H23N3O3S.C19H18BrN3O3S/c1-22(2,18(27)11-12-19(28)29)30-21-25-24-20(23)26(21)17-10-9-14(13-7-8-13)15-5-3-4-6-16(15)17;1-13(2)14-9-10-17(16-8-6-5-7-15(14)16)26-20(23)24-25-21(26)30-22(3,4)18(27)11-12-19(28)29;1-4-13-9-10-16(15-8-6-5-7-14(13)15)25-19(22)23-24-20(25)29-21(2,3)17(26)11-12-18(27)28;1-13-9-10-17(16-8-6-5-7-15(13)16)24-14(2)22-23-20(24)28-21(3,4)18(25)11-12-19(26)27;1-19(2,15(24)10-11-16(25)26)27-18-22-21-17(20)23(18)14-9-5-7-12-6-3-4-8-13(12)14/h3-6,9-10,13H,7-8,11-12H2,1-2H3,(H,28,29);5-10,13H,11-12H2,1-4H3,(H,28,29);5-10H,4,11-12H2,1-3H3,(H,27,28);5-10H,11-12H2,1-4H3,(H,26,27);3-9H,10-11H2,1-2H3,(H,25,26). The highest BCUT2D eigenvalue weighted by Crippen LogP contribution is 2.48. The predicted octanol–water partition coefficient (Wildman–Crippen LogP) is 24.9. The van der Waals surface area contributed by atoms with Crippen LogP contribution in [0.5, 0.6) is 0 Å². The van der Waals surface area contributed by atoms with Gasteiger partial charge in [-0.15, -0.1) is 51.0 Å². The van der Waals surface area contributed by atoms with Gasteiger partial charge in [0.25, 0.3) is 0 Å². The Kier molecular flexibility index (Phi) is 37.3. The summed E-state index contributed by atoms with van der Waals surface area (Å²) in [4.78, 5) is 117. The maximum absolute atomic E-state index is 12.6. The van der Waals surface area contributed by atoms with E-state index in [1.807, 2.05) is 127 Å². The van der Waals surface area contributed by atoms with Crippen molar-refractivity contribution in [2.24, 2.45) is 0 Å². The monoisotopic (exact) mass is 2300 g/mol. The Hall–Kier alpha value is -11.4. The topological polar surface area (TPSA) is 425 Å². The zero-order valence-electron chi connectivity index (χ0n) is 81.8. The number of aromatic nitrogens is 15. The fourth-order valence-corrected chi connectivity index (χ4v) is 23.4. The van der Waals surface area contributed by atoms with E-state index in [9.17, 15) is 47.9 Å². The highest BCUT2D eigenvalue weighted by molar-refractivity contribution is 9.11. The number of hydrogen-bond acceptors (Lipinski definition) is 25. The Balaban J connectivity index is 0.000000161. The van der Waals surface area contributed by atoms with Gasteiger partial charge < -0.3 is 25.5 Å². The number of benzene rings is 10. The molecule has 752 valence electrons. The molecular weight excluding hydrogens is 2190 g/mol. The van der Waals surface area contributed by atoms with Gasteiger partial charge in [-0.05, 0) is 257 Å². The van der Waals surface area contributed by atoms with Crippen LogP contribution in [0.25, 0.3) is 82.3 Å². The quantitative estimate of drug-likeness (QED) is 0.0224. The normalized spacial score (nSPS) is 12.3. The van der Waals surface area contributed by atoms with Crippen LogP contribution in [-0.4, -0.2) is 182 Å². The van der Waals surface area contributed by atoms with Crippen molar-refractivity contribution in [1.82, 2.24) is 73.8 Å². The molecule has 0 radical (unpaired) electrons. The smallest absolute Gasteiger partial charge is 0.303 e. The van der Waals surface area contributed by atoms with Crippen LogP contribution < -0.4 is 0 Å². The van der Waals surface area contributed by atoms with Crippen molar-refractivity contribution >= 4 is 235 Å². The number of fused-ring (bicyclic) bond motifs is 5. The molecule has 39 heteroatoms. The summed E-state index contributed by atoms with van der Waals surface area (Å²) in [5.41, 5.74) is 9.72. The predicted molar refractivity (Wildman–Crippen MR) is 579 cm³/mol. The average Bonchev–Trinajstić information content (AvgIpc) is 1.59. The van der Waals surface area contributed by atoms with Gasteiger partial charge in [0.1, 0.15) is 34.7 Å². The summed E-state index contributed by atoms with van der Waals surface area (Å²) in [7, 11) is 0. The van der Waals surface area contributed by atoms with Crippen LogP contribution in [-0.2, 0) is 54.4 Å². The zero-order chi connectivity index (χ0) is 105. The van der Waals surface area contributed by atoms with E-state index in [-0.39, 0.29) is 93.1 Å². The maximum atomic E-state index is 12.6. The fourth-order valence-electron chi connectivity index (χ4n) is 15.9. The number of carbonyl (C=O) groups is 10. The van der Waals surface area contributed by atoms with E-state index in [1.165, 1.54) is 110 Å². The molecule has 5 heterocycles. The third-order valence-electron chi connectivity index (χ3n) is 24.1. The van der Waals surface area contributed by atoms with Gasteiger partial charge in [-0.25, -0.2) is 0 Å². The van der Waals surface area contributed by atoms with E-state index in [2.05, 4.69) is 233 Å². The lowest BCUT2D eigenvalue weighted by Crippen LogP contribution is -2.28. The second-order valence-electron chi connectivity index (χ2n) is 36.8. The number of hydrogen-bond donors (Lipinski definition) is 5. The molecule has 30 nitrogen and oxygen atoms in total. The molecule has 0 unspecified atom stereocenters. The van der Waals surface area contributed by atoms with Gasteiger partial charge in [0.2, 0.25) is 18.9 Å². The van der Waals surface area contributed by atoms with Crippen LogP contribution in [0.2, 0.25) is 0 Å². The van der Waals surface area contributed by atoms with Crippen molar-refractivity contribution in [3.8, 4) is 28.4 Å². The number of aryl methyl sites for hydroxylation is 3. The summed E-state index contributed by atoms with van der Waals surface area (Å²) in [5, 5.41) is 101. The van der Waals surface area contributed by atoms with Crippen molar-refractivity contribution in [2.45, 2.75) is 249 Å². The molecule has 15 aromatic rings. The van der Waals surface area contributed by atoms with Crippen molar-refractivity contribution in [1.29, 1.82) is 0 Å². The summed E-state index contributed by atoms with van der Waals surface area (Å²) < 4.78 is 7.55. The largest absolute Gasteiger partial charge is 0.481 e. The number of Topliss-reactive ketones (excluding diaryl/α,β-unsaturated/α-hetero) is 5. The minimum Gasteiger partial charge on any atom is -0.481 e. The van der Waals surface area contributed by atoms with Gasteiger partial charge in [0, 0.05) is 59.0 Å². The molecule has 144 heavy (non-hydrogen) atoms. The van der Waals surface area contributed by atoms with E-state index in [0.29, 0.717) is 56.6 Å². The highest BCUT2D eigenvalue weighted by atomic mass is 79.9. The number of aliphatic carboxylic acids is 5. The number of thioether (sulfide) groups is 5. The first-order valence-corrected chi connectivity index (χ1v) is 53.5. The summed E-state index contributed by atoms with van der Waals surface area (Å²) in [6, 6.07) is 63.5. The second kappa shape index (κ2) is 48.3. The van der Waals surface area contributed by atoms with Crippen molar-refractivity contribution in [2.75, 3.05) is 0 Å². The Bertz CT molecular complexity index is 7220. The fraction of sp³-hybridized carbons (Fsp3) is 0.333. The number of carbonyl (C=O) groups excluding carboxylic acids is 5. The number of carboxylic acid groups (broad SMARTS) is 5. The van der Waals surface area contributed by atoms with Gasteiger partial charge in [0.05, 0.1) is 84.3 Å². The average molecular weight is 2300 g/mol. The zero-order valence-corrected chi connectivity index (χ0v) is 92.3. The number of halogens is 4. The summed E-state index contributed by atoms with van der Waals surface area (Å²) in [5.74, 6) is -3.82. The van der Waals surface area contributed by atoms with Crippen LogP contribution in [0.1, 0.15) is 207 Å². The molecule has 0 saturated heterocycles. The number of rotatable bonds is 38. The lowest BCUT2D eigenvalue weighted by molar-refractivity contribution is -0.139. The molecule has 1 saturated carbocycles. The van der Waals surface area contributed by atoms with E-state index in [4.69, 9.17) is 25.5 Å². The Morgan fingerprint density at radius 3 is 0.958 bits per heavy atom. The molecule has 5 aromatic heterocycles. The SMILES string of the molecule is CC(C)(Sc1nnc(Br)n1-c1ccc(C2CC2)c2ccccc12)C(=O)CCC(=O)O.CC(C)(Sc1nnc(Br)n1-c1cccc2ccccc12)C(=O)CCC(=O)O.CC(C)c1ccc(-n2c(Br)nnc2SC(C)(C)C(=O)CCC(=O)O)c2ccccc12.CCc1ccc(-n2c(Br)nnc2SC(C)(C)C(=O)CCC(=O)O)c2ccccc12.Cc1ccc(-n2c(C)nnc2SC(C)(C)C(=O)CCC(=O)O)c2ccccc12. The first-order valence-electron chi connectivity index (χ1n) is 46.2. The van der Waals surface area contributed by atoms with Crippen LogP contribution >= 0.6 is 123 Å². The van der Waals surface area contributed by atoms with E-state index in [0.717, 1.165) is 78.4 Å². The Morgan fingerprint density at radius 2 is 0.590 bits per heavy atom. The lowest BCUT2D eigenvalue weighted by atomic mass is 9.95. The summed E-state index contributed by atoms with van der Waals surface area (Å²) >= 11 is 20.4. The molecule has 10 aromatic carbocycles. The number of carboxylic acids is 5. The third-order valence-corrected chi connectivity index (χ3v) is 32.0. The van der Waals surface area contributed by atoms with Crippen molar-refractivity contribution in [3.05, 3.63) is 235 Å². The van der Waals surface area contributed by atoms with Crippen LogP contribution in [0, 0.1) is 13.8 Å². The van der Waals surface area contributed by atoms with Crippen molar-refractivity contribution < 1.29 is 73.5 Å². The van der Waals surface area contributed by atoms with Crippen LogP contribution in [0.15, 0.2) is 233 Å². The third kappa shape index (κ3) is 27.3.